The Labute approximate surface area is 85.8 Å². The third kappa shape index (κ3) is 1.75. The van der Waals surface area contributed by atoms with Crippen molar-refractivity contribution in [2.24, 2.45) is 0 Å². The molecule has 1 aromatic heterocycles. The Kier molecular flexibility index (Phi) is 2.21. The number of fused-ring (bicyclic) bond motifs is 1. The second-order valence-corrected chi connectivity index (χ2v) is 4.20. The number of thiazole rings is 1. The third-order valence-corrected chi connectivity index (χ3v) is 2.76. The summed E-state index contributed by atoms with van der Waals surface area (Å²) in [6, 6.07) is 6.05. The number of nitrogens with zero attached hydrogens (tertiary/aromatic N) is 1. The number of hydrogen-bond acceptors (Lipinski definition) is 3. The minimum Gasteiger partial charge on any atom is -0.302 e. The van der Waals surface area contributed by atoms with E-state index in [2.05, 4.69) is 16.4 Å². The molecule has 0 saturated heterocycles. The number of anilines is 1. The summed E-state index contributed by atoms with van der Waals surface area (Å²) in [4.78, 5) is 15.1. The van der Waals surface area contributed by atoms with Crippen molar-refractivity contribution in [2.75, 3.05) is 5.32 Å². The van der Waals surface area contributed by atoms with E-state index in [4.69, 9.17) is 0 Å². The molecule has 1 N–H and O–H groups in total. The highest BCUT2D eigenvalue weighted by atomic mass is 32.1. The lowest BCUT2D eigenvalue weighted by Gasteiger charge is -1.91. The van der Waals surface area contributed by atoms with Gasteiger partial charge in [-0.25, -0.2) is 4.98 Å². The quantitative estimate of drug-likeness (QED) is 0.779. The molecule has 0 bridgehead atoms. The zero-order valence-corrected chi connectivity index (χ0v) is 8.81. The topological polar surface area (TPSA) is 42.0 Å². The molecule has 4 heteroatoms. The molecule has 0 spiro atoms. The molecular formula is C10H10N2OS. The van der Waals surface area contributed by atoms with Crippen molar-refractivity contribution in [3.63, 3.8) is 0 Å². The van der Waals surface area contributed by atoms with Crippen molar-refractivity contribution < 1.29 is 4.79 Å². The summed E-state index contributed by atoms with van der Waals surface area (Å²) in [5, 5.41) is 3.35. The molecule has 2 aromatic rings. The molecule has 72 valence electrons. The van der Waals surface area contributed by atoms with Gasteiger partial charge in [-0.3, -0.25) is 4.79 Å². The van der Waals surface area contributed by atoms with Gasteiger partial charge in [-0.05, 0) is 24.6 Å². The van der Waals surface area contributed by atoms with Gasteiger partial charge in [0.15, 0.2) is 5.13 Å². The summed E-state index contributed by atoms with van der Waals surface area (Å²) < 4.78 is 1.11. The van der Waals surface area contributed by atoms with Crippen molar-refractivity contribution in [1.82, 2.24) is 4.98 Å². The number of hydrogen-bond donors (Lipinski definition) is 1. The molecule has 3 nitrogen and oxygen atoms in total. The third-order valence-electron chi connectivity index (χ3n) is 1.83. The minimum atomic E-state index is -0.0826. The van der Waals surface area contributed by atoms with Gasteiger partial charge < -0.3 is 5.32 Å². The van der Waals surface area contributed by atoms with E-state index in [1.54, 1.807) is 0 Å². The highest BCUT2D eigenvalue weighted by Crippen LogP contribution is 2.26. The maximum Gasteiger partial charge on any atom is 0.223 e. The van der Waals surface area contributed by atoms with Crippen LogP contribution in [0, 0.1) is 6.92 Å². The van der Waals surface area contributed by atoms with E-state index in [1.807, 2.05) is 19.1 Å². The predicted molar refractivity (Wildman–Crippen MR) is 58.7 cm³/mol. The second kappa shape index (κ2) is 3.38. The van der Waals surface area contributed by atoms with Crippen LogP contribution in [0.15, 0.2) is 18.2 Å². The summed E-state index contributed by atoms with van der Waals surface area (Å²) in [6.07, 6.45) is 0. The Hall–Kier alpha value is -1.42. The number of nitrogens with one attached hydrogen (secondary N) is 1. The normalized spacial score (nSPS) is 10.4. The standard InChI is InChI=1S/C10H10N2OS/c1-6-3-4-8-9(5-6)14-10(12-8)11-7(2)13/h3-5H,1-2H3,(H,11,12,13). The molecule has 0 fully saturated rings. The molecule has 0 aliphatic carbocycles. The largest absolute Gasteiger partial charge is 0.302 e. The first-order chi connectivity index (χ1) is 6.65. The number of carbonyl (C=O) groups excluding carboxylic acids is 1. The number of aryl methyl sites for hydroxylation is 1. The van der Waals surface area contributed by atoms with Crippen LogP contribution in [-0.2, 0) is 4.79 Å². The van der Waals surface area contributed by atoms with Crippen molar-refractivity contribution in [3.05, 3.63) is 23.8 Å². The molecule has 0 unspecified atom stereocenters. The van der Waals surface area contributed by atoms with Crippen LogP contribution in [0.3, 0.4) is 0 Å². The van der Waals surface area contributed by atoms with Gasteiger partial charge in [0, 0.05) is 6.92 Å². The van der Waals surface area contributed by atoms with Gasteiger partial charge in [0.1, 0.15) is 0 Å². The zero-order chi connectivity index (χ0) is 10.1. The van der Waals surface area contributed by atoms with E-state index in [0.717, 1.165) is 10.2 Å². The lowest BCUT2D eigenvalue weighted by Crippen LogP contribution is -2.04. The molecule has 1 amide bonds. The van der Waals surface area contributed by atoms with Crippen LogP contribution in [0.2, 0.25) is 0 Å². The van der Waals surface area contributed by atoms with Crippen LogP contribution in [0.1, 0.15) is 12.5 Å². The van der Waals surface area contributed by atoms with Gasteiger partial charge in [0.2, 0.25) is 5.91 Å². The number of aromatic nitrogens is 1. The van der Waals surface area contributed by atoms with Crippen LogP contribution >= 0.6 is 11.3 Å². The van der Waals surface area contributed by atoms with Gasteiger partial charge in [-0.1, -0.05) is 17.4 Å². The monoisotopic (exact) mass is 206 g/mol. The Balaban J connectivity index is 2.46. The van der Waals surface area contributed by atoms with Gasteiger partial charge in [0.25, 0.3) is 0 Å². The van der Waals surface area contributed by atoms with Gasteiger partial charge >= 0.3 is 0 Å². The molecule has 0 aliphatic rings. The Bertz CT molecular complexity index is 490. The van der Waals surface area contributed by atoms with Crippen LogP contribution < -0.4 is 5.32 Å². The molecule has 0 aliphatic heterocycles. The van der Waals surface area contributed by atoms with Gasteiger partial charge in [-0.15, -0.1) is 0 Å². The first kappa shape index (κ1) is 9.15. The van der Waals surface area contributed by atoms with Crippen molar-refractivity contribution >= 4 is 32.6 Å². The van der Waals surface area contributed by atoms with Gasteiger partial charge in [-0.2, -0.15) is 0 Å². The number of carbonyl (C=O) groups is 1. The second-order valence-electron chi connectivity index (χ2n) is 3.17. The molecule has 0 radical (unpaired) electrons. The van der Waals surface area contributed by atoms with E-state index < -0.39 is 0 Å². The maximum atomic E-state index is 10.8. The van der Waals surface area contributed by atoms with Crippen LogP contribution in [0.4, 0.5) is 5.13 Å². The first-order valence-electron chi connectivity index (χ1n) is 4.30. The van der Waals surface area contributed by atoms with Crippen molar-refractivity contribution in [3.8, 4) is 0 Å². The van der Waals surface area contributed by atoms with Gasteiger partial charge in [0.05, 0.1) is 10.2 Å². The minimum absolute atomic E-state index is 0.0826. The summed E-state index contributed by atoms with van der Waals surface area (Å²) in [6.45, 7) is 3.52. The van der Waals surface area contributed by atoms with Crippen LogP contribution in [0.5, 0.6) is 0 Å². The Morgan fingerprint density at radius 2 is 2.29 bits per heavy atom. The van der Waals surface area contributed by atoms with E-state index in [1.165, 1.54) is 23.8 Å². The fourth-order valence-corrected chi connectivity index (χ4v) is 2.25. The molecular weight excluding hydrogens is 196 g/mol. The lowest BCUT2D eigenvalue weighted by atomic mass is 10.2. The van der Waals surface area contributed by atoms with Crippen LogP contribution in [-0.4, -0.2) is 10.9 Å². The SMILES string of the molecule is CC(=O)Nc1nc2ccc(C)cc2s1. The molecule has 2 rings (SSSR count). The number of amides is 1. The lowest BCUT2D eigenvalue weighted by molar-refractivity contribution is -0.114. The highest BCUT2D eigenvalue weighted by molar-refractivity contribution is 7.22. The van der Waals surface area contributed by atoms with Crippen molar-refractivity contribution in [2.45, 2.75) is 13.8 Å². The highest BCUT2D eigenvalue weighted by Gasteiger charge is 2.04. The average molecular weight is 206 g/mol. The van der Waals surface area contributed by atoms with E-state index in [0.29, 0.717) is 5.13 Å². The molecule has 14 heavy (non-hydrogen) atoms. The first-order valence-corrected chi connectivity index (χ1v) is 5.11. The summed E-state index contributed by atoms with van der Waals surface area (Å²) in [5.41, 5.74) is 2.14. The molecule has 0 atom stereocenters. The fourth-order valence-electron chi connectivity index (χ4n) is 1.24. The number of rotatable bonds is 1. The van der Waals surface area contributed by atoms with E-state index >= 15 is 0 Å². The molecule has 1 aromatic carbocycles. The Morgan fingerprint density at radius 3 is 3.00 bits per heavy atom. The van der Waals surface area contributed by atoms with E-state index in [9.17, 15) is 4.79 Å². The molecule has 0 saturated carbocycles. The molecule has 1 heterocycles. The maximum absolute atomic E-state index is 10.8. The predicted octanol–water partition coefficient (Wildman–Crippen LogP) is 2.56. The fraction of sp³-hybridized carbons (Fsp3) is 0.200. The van der Waals surface area contributed by atoms with Crippen molar-refractivity contribution in [1.29, 1.82) is 0 Å². The Morgan fingerprint density at radius 1 is 1.50 bits per heavy atom. The summed E-state index contributed by atoms with van der Waals surface area (Å²) in [7, 11) is 0. The van der Waals surface area contributed by atoms with E-state index in [-0.39, 0.29) is 5.91 Å². The summed E-state index contributed by atoms with van der Waals surface area (Å²) >= 11 is 1.50. The smallest absolute Gasteiger partial charge is 0.223 e. The number of benzene rings is 1. The summed E-state index contributed by atoms with van der Waals surface area (Å²) in [5.74, 6) is -0.0826. The average Bonchev–Trinajstić information content (AvgIpc) is 2.44. The zero-order valence-electron chi connectivity index (χ0n) is 8.00. The van der Waals surface area contributed by atoms with Crippen LogP contribution in [0.25, 0.3) is 10.2 Å².